The van der Waals surface area contributed by atoms with E-state index in [4.69, 9.17) is 5.84 Å². The molecule has 0 saturated carbocycles. The van der Waals surface area contributed by atoms with Crippen molar-refractivity contribution >= 4 is 0 Å². The van der Waals surface area contributed by atoms with Gasteiger partial charge in [-0.1, -0.05) is 0 Å². The van der Waals surface area contributed by atoms with Crippen molar-refractivity contribution in [1.82, 2.24) is 10.5 Å². The van der Waals surface area contributed by atoms with Crippen LogP contribution < -0.4 is 11.3 Å². The maximum atomic E-state index is 5.19. The molecule has 3 N–H and O–H groups in total. The Balaban J connectivity index is 2.49. The normalized spacial score (nSPS) is 17.0. The van der Waals surface area contributed by atoms with Gasteiger partial charge in [0, 0.05) is 18.5 Å². The number of nitrogens with zero attached hydrogens (tertiary/aromatic N) is 1. The Morgan fingerprint density at radius 1 is 1.71 bits per heavy atom. The van der Waals surface area contributed by atoms with Crippen LogP contribution in [0.4, 0.5) is 0 Å². The molecule has 37 valence electrons. The van der Waals surface area contributed by atoms with Crippen LogP contribution in [0, 0.1) is 6.08 Å². The van der Waals surface area contributed by atoms with Crippen LogP contribution in [0.2, 0.25) is 0 Å². The van der Waals surface area contributed by atoms with Crippen LogP contribution in [-0.2, 0) is 0 Å². The Kier molecular flexibility index (Phi) is 0.997. The summed E-state index contributed by atoms with van der Waals surface area (Å²) in [5.41, 5.74) is 2.69. The number of hydrogen-bond acceptors (Lipinski definition) is 3. The van der Waals surface area contributed by atoms with E-state index < -0.39 is 0 Å². The molecular weight excluding hydrogens is 90.1 g/mol. The van der Waals surface area contributed by atoms with Crippen LogP contribution >= 0.6 is 0 Å². The molecule has 0 saturated heterocycles. The number of hydrazine groups is 2. The largest absolute Gasteiger partial charge is 0.292 e. The first-order valence-electron chi connectivity index (χ1n) is 1.94. The first kappa shape index (κ1) is 4.21. The van der Waals surface area contributed by atoms with E-state index in [1.54, 1.807) is 18.5 Å². The molecule has 0 unspecified atom stereocenters. The summed E-state index contributed by atoms with van der Waals surface area (Å²) in [6.45, 7) is 0. The number of nitrogens with two attached hydrogens (primary N) is 1. The van der Waals surface area contributed by atoms with Crippen molar-refractivity contribution < 1.29 is 0 Å². The van der Waals surface area contributed by atoms with Gasteiger partial charge in [0.05, 0.1) is 0 Å². The van der Waals surface area contributed by atoms with Crippen molar-refractivity contribution in [1.29, 1.82) is 0 Å². The SMILES string of the molecule is NN1C=[C]C=CN1. The predicted molar refractivity (Wildman–Crippen MR) is 26.1 cm³/mol. The van der Waals surface area contributed by atoms with Crippen molar-refractivity contribution in [3.05, 3.63) is 24.6 Å². The number of nitrogens with one attached hydrogen (secondary N) is 1. The fraction of sp³-hybridized carbons (Fsp3) is 0. The molecule has 0 bridgehead atoms. The molecule has 0 aromatic carbocycles. The van der Waals surface area contributed by atoms with E-state index in [1.165, 1.54) is 5.12 Å². The number of hydrogen-bond donors (Lipinski definition) is 2. The molecule has 0 spiro atoms. The Morgan fingerprint density at radius 3 is 2.86 bits per heavy atom. The zero-order chi connectivity index (χ0) is 5.11. The summed E-state index contributed by atoms with van der Waals surface area (Å²) in [6, 6.07) is 0. The molecule has 0 aliphatic carbocycles. The van der Waals surface area contributed by atoms with E-state index in [0.717, 1.165) is 0 Å². The molecule has 0 fully saturated rings. The standard InChI is InChI=1S/C4H6N3/c5-7-4-2-1-3-6-7/h1,3-4,6H,5H2. The monoisotopic (exact) mass is 96.1 g/mol. The van der Waals surface area contributed by atoms with Crippen LogP contribution in [0.1, 0.15) is 0 Å². The highest BCUT2D eigenvalue weighted by molar-refractivity contribution is 4.96. The second-order valence-electron chi connectivity index (χ2n) is 1.17. The van der Waals surface area contributed by atoms with Gasteiger partial charge in [-0.05, 0) is 6.08 Å². The number of rotatable bonds is 0. The van der Waals surface area contributed by atoms with Crippen molar-refractivity contribution in [2.75, 3.05) is 0 Å². The van der Waals surface area contributed by atoms with Crippen LogP contribution in [0.3, 0.4) is 0 Å². The Labute approximate surface area is 42.0 Å². The highest BCUT2D eigenvalue weighted by Gasteiger charge is 1.84. The summed E-state index contributed by atoms with van der Waals surface area (Å²) in [7, 11) is 0. The molecule has 1 radical (unpaired) electrons. The maximum Gasteiger partial charge on any atom is 0.0472 e. The van der Waals surface area contributed by atoms with Crippen molar-refractivity contribution in [3.63, 3.8) is 0 Å². The lowest BCUT2D eigenvalue weighted by Crippen LogP contribution is -2.36. The van der Waals surface area contributed by atoms with Gasteiger partial charge in [0.25, 0.3) is 0 Å². The molecule has 3 nitrogen and oxygen atoms in total. The van der Waals surface area contributed by atoms with E-state index >= 15 is 0 Å². The van der Waals surface area contributed by atoms with Crippen molar-refractivity contribution in [3.8, 4) is 0 Å². The smallest absolute Gasteiger partial charge is 0.0472 e. The third-order valence-electron chi connectivity index (χ3n) is 0.617. The first-order chi connectivity index (χ1) is 3.39. The van der Waals surface area contributed by atoms with E-state index in [9.17, 15) is 0 Å². The predicted octanol–water partition coefficient (Wildman–Crippen LogP) is -0.489. The van der Waals surface area contributed by atoms with E-state index in [0.29, 0.717) is 0 Å². The fourth-order valence-corrected chi connectivity index (χ4v) is 0.332. The minimum absolute atomic E-state index is 1.32. The third-order valence-corrected chi connectivity index (χ3v) is 0.617. The lowest BCUT2D eigenvalue weighted by Gasteiger charge is -2.13. The van der Waals surface area contributed by atoms with E-state index in [2.05, 4.69) is 11.5 Å². The topological polar surface area (TPSA) is 41.3 Å². The molecule has 1 heterocycles. The first-order valence-corrected chi connectivity index (χ1v) is 1.94. The van der Waals surface area contributed by atoms with Gasteiger partial charge in [0.2, 0.25) is 0 Å². The van der Waals surface area contributed by atoms with Crippen LogP contribution in [0.25, 0.3) is 0 Å². The van der Waals surface area contributed by atoms with Crippen molar-refractivity contribution in [2.45, 2.75) is 0 Å². The van der Waals surface area contributed by atoms with E-state index in [-0.39, 0.29) is 0 Å². The highest BCUT2D eigenvalue weighted by atomic mass is 15.6. The average Bonchev–Trinajstić information content (AvgIpc) is 1.69. The van der Waals surface area contributed by atoms with E-state index in [1.807, 2.05) is 0 Å². The molecule has 0 atom stereocenters. The second kappa shape index (κ2) is 1.66. The zero-order valence-electron chi connectivity index (χ0n) is 3.76. The fourth-order valence-electron chi connectivity index (χ4n) is 0.332. The molecule has 1 aliphatic rings. The summed E-state index contributed by atoms with van der Waals surface area (Å²) < 4.78 is 0. The van der Waals surface area contributed by atoms with Gasteiger partial charge in [-0.2, -0.15) is 0 Å². The minimum Gasteiger partial charge on any atom is -0.292 e. The summed E-state index contributed by atoms with van der Waals surface area (Å²) in [6.07, 6.45) is 7.80. The molecule has 3 heteroatoms. The summed E-state index contributed by atoms with van der Waals surface area (Å²) in [5, 5.41) is 1.32. The summed E-state index contributed by atoms with van der Waals surface area (Å²) in [5.74, 6) is 5.19. The van der Waals surface area contributed by atoms with Gasteiger partial charge in [-0.3, -0.25) is 5.43 Å². The van der Waals surface area contributed by atoms with Gasteiger partial charge >= 0.3 is 0 Å². The minimum atomic E-state index is 1.32. The molecule has 0 aromatic rings. The summed E-state index contributed by atoms with van der Waals surface area (Å²) >= 11 is 0. The third kappa shape index (κ3) is 0.940. The quantitative estimate of drug-likeness (QED) is 0.400. The Hall–Kier alpha value is -0.960. The van der Waals surface area contributed by atoms with Gasteiger partial charge in [0.15, 0.2) is 0 Å². The van der Waals surface area contributed by atoms with Crippen LogP contribution in [0.15, 0.2) is 18.5 Å². The lowest BCUT2D eigenvalue weighted by atomic mass is 10.5. The van der Waals surface area contributed by atoms with Crippen molar-refractivity contribution in [2.24, 2.45) is 5.84 Å². The highest BCUT2D eigenvalue weighted by Crippen LogP contribution is 1.81. The molecule has 0 aromatic heterocycles. The second-order valence-corrected chi connectivity index (χ2v) is 1.17. The maximum absolute atomic E-state index is 5.19. The van der Waals surface area contributed by atoms with Crippen LogP contribution in [-0.4, -0.2) is 5.12 Å². The Bertz CT molecular complexity index is 106. The van der Waals surface area contributed by atoms with Crippen LogP contribution in [0.5, 0.6) is 0 Å². The Morgan fingerprint density at radius 2 is 2.57 bits per heavy atom. The molecule has 7 heavy (non-hydrogen) atoms. The molecule has 0 amide bonds. The van der Waals surface area contributed by atoms with Gasteiger partial charge in [-0.15, -0.1) is 0 Å². The summed E-state index contributed by atoms with van der Waals surface area (Å²) in [4.78, 5) is 0. The average molecular weight is 96.1 g/mol. The molecule has 1 aliphatic heterocycles. The molecular formula is C4H6N3. The zero-order valence-corrected chi connectivity index (χ0v) is 3.76. The number of allylic oxidation sites excluding steroid dienone is 2. The van der Waals surface area contributed by atoms with Gasteiger partial charge in [0.1, 0.15) is 0 Å². The van der Waals surface area contributed by atoms with Gasteiger partial charge in [-0.25, -0.2) is 11.0 Å². The molecule has 1 rings (SSSR count). The lowest BCUT2D eigenvalue weighted by molar-refractivity contribution is 0.323. The van der Waals surface area contributed by atoms with Gasteiger partial charge < -0.3 is 0 Å².